The number of piperidine rings is 1. The molecular formula is C26H31Cl2N3O3. The lowest BCUT2D eigenvalue weighted by Gasteiger charge is -2.30. The first-order chi connectivity index (χ1) is 16.0. The Morgan fingerprint density at radius 1 is 1.09 bits per heavy atom. The van der Waals surface area contributed by atoms with Crippen LogP contribution in [0.3, 0.4) is 0 Å². The number of anilines is 1. The van der Waals surface area contributed by atoms with Crippen molar-refractivity contribution >= 4 is 46.5 Å². The van der Waals surface area contributed by atoms with Gasteiger partial charge < -0.3 is 18.9 Å². The van der Waals surface area contributed by atoms with Gasteiger partial charge in [0.05, 0.1) is 24.9 Å². The molecule has 3 aromatic rings. The van der Waals surface area contributed by atoms with E-state index in [0.29, 0.717) is 29.7 Å². The van der Waals surface area contributed by atoms with Gasteiger partial charge in [-0.2, -0.15) is 0 Å². The molecule has 0 saturated carbocycles. The molecule has 6 nitrogen and oxygen atoms in total. The minimum atomic E-state index is -0.0172. The van der Waals surface area contributed by atoms with Crippen LogP contribution in [0.5, 0.6) is 11.5 Å². The predicted octanol–water partition coefficient (Wildman–Crippen LogP) is 5.53. The number of halogens is 2. The number of aryl methyl sites for hydroxylation is 1. The van der Waals surface area contributed by atoms with Crippen molar-refractivity contribution in [2.45, 2.75) is 26.3 Å². The van der Waals surface area contributed by atoms with Crippen LogP contribution < -0.4 is 14.4 Å². The van der Waals surface area contributed by atoms with Crippen LogP contribution in [0.15, 0.2) is 36.4 Å². The summed E-state index contributed by atoms with van der Waals surface area (Å²) in [6.07, 6.45) is 2.49. The van der Waals surface area contributed by atoms with E-state index >= 15 is 0 Å². The van der Waals surface area contributed by atoms with Gasteiger partial charge in [0.15, 0.2) is 11.5 Å². The molecule has 1 fully saturated rings. The molecule has 0 radical (unpaired) electrons. The Balaban J connectivity index is 0.00000274. The number of rotatable bonds is 6. The molecule has 34 heavy (non-hydrogen) atoms. The average Bonchev–Trinajstić information content (AvgIpc) is 3.29. The van der Waals surface area contributed by atoms with Gasteiger partial charge in [-0.25, -0.2) is 0 Å². The maximum Gasteiger partial charge on any atom is 0.261 e. The largest absolute Gasteiger partial charge is 0.493 e. The third-order valence-corrected chi connectivity index (χ3v) is 7.28. The number of methoxy groups -OCH3 is 1. The molecule has 3 heterocycles. The molecule has 2 aromatic carbocycles. The number of aromatic nitrogens is 1. The summed E-state index contributed by atoms with van der Waals surface area (Å²) in [5, 5.41) is 1.53. The maximum atomic E-state index is 13.4. The van der Waals surface area contributed by atoms with E-state index in [1.54, 1.807) is 12.0 Å². The van der Waals surface area contributed by atoms with Gasteiger partial charge in [-0.05, 0) is 62.2 Å². The smallest absolute Gasteiger partial charge is 0.261 e. The normalized spacial score (nSPS) is 16.6. The zero-order chi connectivity index (χ0) is 23.1. The first kappa shape index (κ1) is 24.7. The van der Waals surface area contributed by atoms with Gasteiger partial charge in [0.25, 0.3) is 5.91 Å². The lowest BCUT2D eigenvalue weighted by Crippen LogP contribution is -2.35. The number of nitrogens with zero attached hydrogens (tertiary/aromatic N) is 3. The van der Waals surface area contributed by atoms with Gasteiger partial charge in [0, 0.05) is 41.3 Å². The van der Waals surface area contributed by atoms with E-state index in [-0.39, 0.29) is 18.3 Å². The van der Waals surface area contributed by atoms with Crippen molar-refractivity contribution < 1.29 is 14.3 Å². The molecule has 0 aliphatic carbocycles. The third kappa shape index (κ3) is 4.47. The van der Waals surface area contributed by atoms with E-state index in [9.17, 15) is 4.79 Å². The van der Waals surface area contributed by atoms with Gasteiger partial charge in [0.2, 0.25) is 0 Å². The number of hydrogen-bond donors (Lipinski definition) is 0. The van der Waals surface area contributed by atoms with Crippen molar-refractivity contribution in [2.24, 2.45) is 13.0 Å². The summed E-state index contributed by atoms with van der Waals surface area (Å²) < 4.78 is 13.7. The topological polar surface area (TPSA) is 46.9 Å². The molecule has 0 atom stereocenters. The molecule has 0 N–H and O–H groups in total. The summed E-state index contributed by atoms with van der Waals surface area (Å²) in [5.74, 6) is 2.13. The number of fused-ring (bicyclic) bond motifs is 3. The molecule has 0 bridgehead atoms. The van der Waals surface area contributed by atoms with Gasteiger partial charge >= 0.3 is 0 Å². The Kier molecular flexibility index (Phi) is 7.31. The van der Waals surface area contributed by atoms with Crippen molar-refractivity contribution in [1.82, 2.24) is 9.47 Å². The van der Waals surface area contributed by atoms with E-state index in [2.05, 4.69) is 16.4 Å². The molecule has 2 aliphatic rings. The molecule has 0 spiro atoms. The SMILES string of the molecule is COc1ccc(N2Cc3c(c4cc(Cl)ccc4n3C)C2=O)cc1OCCN1CCC(C)CC1.Cl. The number of likely N-dealkylation sites (tertiary alicyclic amines) is 1. The van der Waals surface area contributed by atoms with Crippen LogP contribution in [-0.4, -0.2) is 48.7 Å². The molecule has 1 saturated heterocycles. The minimum absolute atomic E-state index is 0. The third-order valence-electron chi connectivity index (χ3n) is 7.05. The number of ether oxygens (including phenoxy) is 2. The number of carbonyl (C=O) groups is 1. The van der Waals surface area contributed by atoms with Gasteiger partial charge in [-0.1, -0.05) is 18.5 Å². The Morgan fingerprint density at radius 2 is 1.85 bits per heavy atom. The second-order valence-electron chi connectivity index (χ2n) is 9.14. The number of hydrogen-bond acceptors (Lipinski definition) is 4. The van der Waals surface area contributed by atoms with Crippen LogP contribution in [-0.2, 0) is 13.6 Å². The predicted molar refractivity (Wildman–Crippen MR) is 139 cm³/mol. The highest BCUT2D eigenvalue weighted by molar-refractivity contribution is 6.32. The highest BCUT2D eigenvalue weighted by Gasteiger charge is 2.34. The van der Waals surface area contributed by atoms with Crippen LogP contribution in [0.25, 0.3) is 10.9 Å². The second-order valence-corrected chi connectivity index (χ2v) is 9.58. The number of amides is 1. The summed E-state index contributed by atoms with van der Waals surface area (Å²) in [4.78, 5) is 17.7. The fourth-order valence-electron chi connectivity index (χ4n) is 4.97. The average molecular weight is 504 g/mol. The van der Waals surface area contributed by atoms with Crippen molar-refractivity contribution in [3.05, 3.63) is 52.7 Å². The van der Waals surface area contributed by atoms with Gasteiger partial charge in [0.1, 0.15) is 6.61 Å². The molecule has 1 aromatic heterocycles. The fourth-order valence-corrected chi connectivity index (χ4v) is 5.15. The molecule has 182 valence electrons. The molecular weight excluding hydrogens is 473 g/mol. The minimum Gasteiger partial charge on any atom is -0.493 e. The Labute approximate surface area is 211 Å². The van der Waals surface area contributed by atoms with E-state index in [4.69, 9.17) is 21.1 Å². The lowest BCUT2D eigenvalue weighted by molar-refractivity contribution is 0.0998. The van der Waals surface area contributed by atoms with E-state index in [1.807, 2.05) is 43.4 Å². The Bertz CT molecular complexity index is 1200. The summed E-state index contributed by atoms with van der Waals surface area (Å²) in [6, 6.07) is 11.4. The van der Waals surface area contributed by atoms with E-state index in [0.717, 1.165) is 53.4 Å². The highest BCUT2D eigenvalue weighted by Crippen LogP contribution is 2.39. The zero-order valence-electron chi connectivity index (χ0n) is 19.8. The van der Waals surface area contributed by atoms with Gasteiger partial charge in [-0.15, -0.1) is 12.4 Å². The van der Waals surface area contributed by atoms with Crippen molar-refractivity contribution in [3.63, 3.8) is 0 Å². The fraction of sp³-hybridized carbons (Fsp3) is 0.423. The molecule has 5 rings (SSSR count). The van der Waals surface area contributed by atoms with Crippen LogP contribution in [0, 0.1) is 5.92 Å². The standard InChI is InChI=1S/C26H30ClN3O3.ClH/c1-17-8-10-29(11-9-17)12-13-33-24-15-19(5-7-23(24)32-3)30-16-22-25(26(30)31)20-14-18(27)4-6-21(20)28(22)2;/h4-7,14-15,17H,8-13,16H2,1-3H3;1H. The Morgan fingerprint density at radius 3 is 2.59 bits per heavy atom. The highest BCUT2D eigenvalue weighted by atomic mass is 35.5. The van der Waals surface area contributed by atoms with Crippen molar-refractivity contribution in [1.29, 1.82) is 0 Å². The summed E-state index contributed by atoms with van der Waals surface area (Å²) in [7, 11) is 3.64. The summed E-state index contributed by atoms with van der Waals surface area (Å²) in [6.45, 7) is 6.56. The van der Waals surface area contributed by atoms with E-state index in [1.165, 1.54) is 12.8 Å². The second kappa shape index (κ2) is 10.1. The Hall–Kier alpha value is -2.41. The summed E-state index contributed by atoms with van der Waals surface area (Å²) >= 11 is 6.23. The van der Waals surface area contributed by atoms with Gasteiger partial charge in [-0.3, -0.25) is 9.69 Å². The van der Waals surface area contributed by atoms with Crippen LogP contribution >= 0.6 is 24.0 Å². The summed E-state index contributed by atoms with van der Waals surface area (Å²) in [5.41, 5.74) is 3.54. The number of benzene rings is 2. The maximum absolute atomic E-state index is 13.4. The molecule has 2 aliphatic heterocycles. The first-order valence-electron chi connectivity index (χ1n) is 11.6. The molecule has 8 heteroatoms. The van der Waals surface area contributed by atoms with Crippen LogP contribution in [0.4, 0.5) is 5.69 Å². The number of carbonyl (C=O) groups excluding carboxylic acids is 1. The first-order valence-corrected chi connectivity index (χ1v) is 12.0. The van der Waals surface area contributed by atoms with Crippen LogP contribution in [0.2, 0.25) is 5.02 Å². The zero-order valence-corrected chi connectivity index (χ0v) is 21.4. The monoisotopic (exact) mass is 503 g/mol. The quantitative estimate of drug-likeness (QED) is 0.443. The van der Waals surface area contributed by atoms with Crippen LogP contribution in [0.1, 0.15) is 35.8 Å². The van der Waals surface area contributed by atoms with E-state index < -0.39 is 0 Å². The molecule has 1 amide bonds. The lowest BCUT2D eigenvalue weighted by atomic mass is 9.99. The van der Waals surface area contributed by atoms with Crippen molar-refractivity contribution in [3.8, 4) is 11.5 Å². The molecule has 0 unspecified atom stereocenters. The van der Waals surface area contributed by atoms with Crippen molar-refractivity contribution in [2.75, 3.05) is 38.3 Å².